The van der Waals surface area contributed by atoms with E-state index in [9.17, 15) is 4.39 Å². The monoisotopic (exact) mass is 348 g/mol. The Morgan fingerprint density at radius 3 is 2.35 bits per heavy atom. The maximum absolute atomic E-state index is 13.2. The summed E-state index contributed by atoms with van der Waals surface area (Å²) in [4.78, 5) is 0. The van der Waals surface area contributed by atoms with Crippen molar-refractivity contribution in [2.24, 2.45) is 5.92 Å². The van der Waals surface area contributed by atoms with E-state index < -0.39 is 0 Å². The first-order valence-corrected chi connectivity index (χ1v) is 10.3. The molecule has 0 fully saturated rings. The average molecular weight is 349 g/mol. The van der Waals surface area contributed by atoms with Gasteiger partial charge in [-0.3, -0.25) is 0 Å². The minimum atomic E-state index is -0.137. The maximum atomic E-state index is 13.2. The van der Waals surface area contributed by atoms with E-state index in [0.717, 1.165) is 12.3 Å². The number of allylic oxidation sites excluding steroid dienone is 2. The molecule has 0 aromatic heterocycles. The Kier molecular flexibility index (Phi) is 5.24. The third kappa shape index (κ3) is 3.63. The van der Waals surface area contributed by atoms with Gasteiger partial charge < -0.3 is 0 Å². The average Bonchev–Trinajstić information content (AvgIpc) is 2.68. The summed E-state index contributed by atoms with van der Waals surface area (Å²) in [5.41, 5.74) is 7.69. The van der Waals surface area contributed by atoms with Crippen molar-refractivity contribution in [1.29, 1.82) is 0 Å². The van der Waals surface area contributed by atoms with Crippen LogP contribution in [0.4, 0.5) is 4.39 Å². The predicted molar refractivity (Wildman–Crippen MR) is 107 cm³/mol. The number of hydrogen-bond donors (Lipinski definition) is 0. The molecule has 0 saturated carbocycles. The van der Waals surface area contributed by atoms with Gasteiger partial charge in [0.05, 0.1) is 0 Å². The van der Waals surface area contributed by atoms with E-state index in [0.29, 0.717) is 5.92 Å². The van der Waals surface area contributed by atoms with Crippen LogP contribution in [0.25, 0.3) is 0 Å². The summed E-state index contributed by atoms with van der Waals surface area (Å²) in [6.07, 6.45) is 14.5. The molecule has 0 bridgehead atoms. The molecule has 0 saturated heterocycles. The Morgan fingerprint density at radius 1 is 0.923 bits per heavy atom. The van der Waals surface area contributed by atoms with Gasteiger partial charge in [-0.05, 0) is 96.7 Å². The molecule has 0 nitrogen and oxygen atoms in total. The van der Waals surface area contributed by atoms with Gasteiger partial charge >= 0.3 is 0 Å². The lowest BCUT2D eigenvalue weighted by molar-refractivity contribution is 0.532. The van der Waals surface area contributed by atoms with E-state index in [4.69, 9.17) is 0 Å². The fourth-order valence-electron chi connectivity index (χ4n) is 4.83. The highest BCUT2D eigenvalue weighted by Gasteiger charge is 2.26. The molecule has 2 aliphatic carbocycles. The lowest BCUT2D eigenvalue weighted by atomic mass is 9.74. The largest absolute Gasteiger partial charge is 0.207 e. The lowest BCUT2D eigenvalue weighted by Crippen LogP contribution is -2.20. The molecular weight excluding hydrogens is 319 g/mol. The second-order valence-corrected chi connectivity index (χ2v) is 8.05. The van der Waals surface area contributed by atoms with E-state index in [2.05, 4.69) is 31.2 Å². The molecule has 1 heteroatoms. The Balaban J connectivity index is 1.51. The molecule has 0 amide bonds. The van der Waals surface area contributed by atoms with Crippen molar-refractivity contribution in [3.63, 3.8) is 0 Å². The maximum Gasteiger partial charge on any atom is 0.123 e. The fraction of sp³-hybridized carbons (Fsp3) is 0.440. The molecule has 2 atom stereocenters. The summed E-state index contributed by atoms with van der Waals surface area (Å²) in [5.74, 6) is 1.12. The number of unbranched alkanes of at least 4 members (excludes halogenated alkanes) is 1. The lowest BCUT2D eigenvalue weighted by Gasteiger charge is -2.31. The van der Waals surface area contributed by atoms with Crippen LogP contribution in [-0.4, -0.2) is 0 Å². The van der Waals surface area contributed by atoms with Gasteiger partial charge in [-0.15, -0.1) is 0 Å². The minimum absolute atomic E-state index is 0.137. The smallest absolute Gasteiger partial charge is 0.123 e. The second-order valence-electron chi connectivity index (χ2n) is 8.05. The molecule has 0 N–H and O–H groups in total. The highest BCUT2D eigenvalue weighted by Crippen LogP contribution is 2.38. The van der Waals surface area contributed by atoms with Gasteiger partial charge in [0.15, 0.2) is 0 Å². The third-order valence-corrected chi connectivity index (χ3v) is 6.29. The van der Waals surface area contributed by atoms with Crippen LogP contribution in [-0.2, 0) is 25.7 Å². The predicted octanol–water partition coefficient (Wildman–Crippen LogP) is 6.56. The topological polar surface area (TPSA) is 0 Å². The molecule has 0 radical (unpaired) electrons. The summed E-state index contributed by atoms with van der Waals surface area (Å²) in [5, 5.41) is 0. The molecule has 2 aliphatic rings. The van der Waals surface area contributed by atoms with E-state index in [1.807, 2.05) is 12.1 Å². The number of fused-ring (bicyclic) bond motifs is 3. The first-order chi connectivity index (χ1) is 12.7. The van der Waals surface area contributed by atoms with Crippen molar-refractivity contribution >= 4 is 0 Å². The van der Waals surface area contributed by atoms with Gasteiger partial charge in [0.25, 0.3) is 0 Å². The van der Waals surface area contributed by atoms with Gasteiger partial charge in [0.1, 0.15) is 5.82 Å². The van der Waals surface area contributed by atoms with E-state index in [-0.39, 0.29) is 5.82 Å². The van der Waals surface area contributed by atoms with E-state index in [1.165, 1.54) is 56.1 Å². The summed E-state index contributed by atoms with van der Waals surface area (Å²) in [7, 11) is 0. The van der Waals surface area contributed by atoms with Crippen LogP contribution in [0.5, 0.6) is 0 Å². The minimum Gasteiger partial charge on any atom is -0.207 e. The van der Waals surface area contributed by atoms with E-state index in [1.54, 1.807) is 28.8 Å². The Morgan fingerprint density at radius 2 is 1.62 bits per heavy atom. The van der Waals surface area contributed by atoms with Crippen molar-refractivity contribution < 1.29 is 4.39 Å². The molecule has 0 unspecified atom stereocenters. The van der Waals surface area contributed by atoms with Crippen LogP contribution in [0.15, 0.2) is 48.6 Å². The van der Waals surface area contributed by atoms with Crippen molar-refractivity contribution in [2.45, 2.75) is 64.2 Å². The fourth-order valence-corrected chi connectivity index (χ4v) is 4.83. The van der Waals surface area contributed by atoms with Gasteiger partial charge in [0.2, 0.25) is 0 Å². The van der Waals surface area contributed by atoms with E-state index >= 15 is 0 Å². The molecule has 2 aromatic carbocycles. The summed E-state index contributed by atoms with van der Waals surface area (Å²) in [6.45, 7) is 2.24. The van der Waals surface area contributed by atoms with Crippen molar-refractivity contribution in [1.82, 2.24) is 0 Å². The molecule has 26 heavy (non-hydrogen) atoms. The number of benzene rings is 2. The molecule has 2 aromatic rings. The van der Waals surface area contributed by atoms with Gasteiger partial charge in [-0.2, -0.15) is 0 Å². The van der Waals surface area contributed by atoms with Gasteiger partial charge in [-0.1, -0.05) is 49.8 Å². The summed E-state index contributed by atoms with van der Waals surface area (Å²) >= 11 is 0. The molecule has 0 spiro atoms. The molecule has 4 rings (SSSR count). The number of hydrogen-bond acceptors (Lipinski definition) is 0. The van der Waals surface area contributed by atoms with Crippen LogP contribution in [0, 0.1) is 11.7 Å². The Bertz CT molecular complexity index is 785. The molecule has 0 aliphatic heterocycles. The Hall–Kier alpha value is -1.89. The molecule has 0 heterocycles. The number of rotatable bonds is 4. The van der Waals surface area contributed by atoms with Crippen molar-refractivity contribution in [2.75, 3.05) is 0 Å². The standard InChI is InChI=1S/C25H29F/c1-2-3-4-5-18-6-14-24-21(16-18)7-8-22-17-20(11-15-25(22)24)19-9-12-23(26)13-10-19/h4-5,7-10,12-13,18,20H,2-3,6,11,14-17H2,1H3/t18-,20-/m0/s1. The van der Waals surface area contributed by atoms with Crippen LogP contribution in [0.1, 0.15) is 66.3 Å². The van der Waals surface area contributed by atoms with Gasteiger partial charge in [-0.25, -0.2) is 4.39 Å². The van der Waals surface area contributed by atoms with Crippen molar-refractivity contribution in [3.05, 3.63) is 82.2 Å². The summed E-state index contributed by atoms with van der Waals surface area (Å²) < 4.78 is 13.2. The summed E-state index contributed by atoms with van der Waals surface area (Å²) in [6, 6.07) is 11.9. The third-order valence-electron chi connectivity index (χ3n) is 6.29. The zero-order valence-corrected chi connectivity index (χ0v) is 15.8. The second kappa shape index (κ2) is 7.78. The zero-order valence-electron chi connectivity index (χ0n) is 15.8. The zero-order chi connectivity index (χ0) is 17.9. The molecule has 136 valence electrons. The van der Waals surface area contributed by atoms with Crippen LogP contribution in [0.3, 0.4) is 0 Å². The van der Waals surface area contributed by atoms with Crippen LogP contribution >= 0.6 is 0 Å². The Labute approximate surface area is 157 Å². The SMILES string of the molecule is CCCC=C[C@H]1CCc2c(ccc3c2CC[C@H](c2ccc(F)cc2)C3)C1. The highest BCUT2D eigenvalue weighted by atomic mass is 19.1. The number of halogens is 1. The first kappa shape index (κ1) is 17.5. The quantitative estimate of drug-likeness (QED) is 0.549. The van der Waals surface area contributed by atoms with Gasteiger partial charge in [0, 0.05) is 0 Å². The van der Waals surface area contributed by atoms with Crippen molar-refractivity contribution in [3.8, 4) is 0 Å². The highest BCUT2D eigenvalue weighted by molar-refractivity contribution is 5.45. The van der Waals surface area contributed by atoms with Crippen LogP contribution in [0.2, 0.25) is 0 Å². The normalized spacial score (nSPS) is 22.2. The first-order valence-electron chi connectivity index (χ1n) is 10.3. The molecular formula is C25H29F. The van der Waals surface area contributed by atoms with Crippen LogP contribution < -0.4 is 0 Å².